The Hall–Kier alpha value is -1.43. The highest BCUT2D eigenvalue weighted by molar-refractivity contribution is 5.78. The molecule has 1 fully saturated rings. The van der Waals surface area contributed by atoms with E-state index < -0.39 is 0 Å². The lowest BCUT2D eigenvalue weighted by atomic mass is 9.99. The first kappa shape index (κ1) is 17.9. The second-order valence-electron chi connectivity index (χ2n) is 6.25. The Morgan fingerprint density at radius 2 is 2.22 bits per heavy atom. The van der Waals surface area contributed by atoms with Crippen LogP contribution in [0.2, 0.25) is 0 Å². The highest BCUT2D eigenvalue weighted by Crippen LogP contribution is 2.28. The zero-order valence-electron chi connectivity index (χ0n) is 14.6. The maximum atomic E-state index is 12.5. The predicted octanol–water partition coefficient (Wildman–Crippen LogP) is 1.83. The van der Waals surface area contributed by atoms with Gasteiger partial charge in [0, 0.05) is 13.7 Å². The summed E-state index contributed by atoms with van der Waals surface area (Å²) in [4.78, 5) is 14.4. The lowest BCUT2D eigenvalue weighted by Crippen LogP contribution is -2.51. The van der Waals surface area contributed by atoms with E-state index in [1.54, 1.807) is 7.11 Å². The Kier molecular flexibility index (Phi) is 6.57. The molecule has 1 aromatic rings. The van der Waals surface area contributed by atoms with Crippen molar-refractivity contribution in [3.05, 3.63) is 34.9 Å². The molecule has 1 heterocycles. The third kappa shape index (κ3) is 4.77. The number of carbonyl (C=O) groups excluding carboxylic acids is 1. The smallest absolute Gasteiger partial charge is 0.236 e. The Balaban J connectivity index is 2.01. The third-order valence-electron chi connectivity index (χ3n) is 4.29. The Bertz CT molecular complexity index is 533. The third-order valence-corrected chi connectivity index (χ3v) is 4.29. The normalized spacial score (nSPS) is 21.5. The minimum absolute atomic E-state index is 0.0472. The van der Waals surface area contributed by atoms with Crippen molar-refractivity contribution in [2.45, 2.75) is 32.9 Å². The SMILES string of the molecule is COCCNCC(=O)N1C[C@@H](c2cc(C)ccc2C)OC[C@@H]1C. The Labute approximate surface area is 139 Å². The molecule has 0 saturated carbocycles. The van der Waals surface area contributed by atoms with Crippen molar-refractivity contribution in [1.82, 2.24) is 10.2 Å². The minimum Gasteiger partial charge on any atom is -0.383 e. The molecular formula is C18H28N2O3. The summed E-state index contributed by atoms with van der Waals surface area (Å²) >= 11 is 0. The largest absolute Gasteiger partial charge is 0.383 e. The number of ether oxygens (including phenoxy) is 2. The summed E-state index contributed by atoms with van der Waals surface area (Å²) in [6.07, 6.45) is -0.0472. The van der Waals surface area contributed by atoms with Gasteiger partial charge in [0.05, 0.1) is 32.3 Å². The van der Waals surface area contributed by atoms with Crippen LogP contribution in [0, 0.1) is 13.8 Å². The van der Waals surface area contributed by atoms with Crippen LogP contribution in [0.5, 0.6) is 0 Å². The number of aryl methyl sites for hydroxylation is 2. The van der Waals surface area contributed by atoms with E-state index >= 15 is 0 Å². The fourth-order valence-corrected chi connectivity index (χ4v) is 2.87. The van der Waals surface area contributed by atoms with Crippen LogP contribution in [-0.2, 0) is 14.3 Å². The molecule has 0 bridgehead atoms. The van der Waals surface area contributed by atoms with E-state index in [0.29, 0.717) is 32.8 Å². The van der Waals surface area contributed by atoms with Gasteiger partial charge in [-0.15, -0.1) is 0 Å². The summed E-state index contributed by atoms with van der Waals surface area (Å²) in [5.41, 5.74) is 3.61. The van der Waals surface area contributed by atoms with Gasteiger partial charge in [-0.1, -0.05) is 23.8 Å². The average molecular weight is 320 g/mol. The van der Waals surface area contributed by atoms with Gasteiger partial charge >= 0.3 is 0 Å². The van der Waals surface area contributed by atoms with Crippen molar-refractivity contribution >= 4 is 5.91 Å². The maximum Gasteiger partial charge on any atom is 0.236 e. The number of morpholine rings is 1. The number of nitrogens with zero attached hydrogens (tertiary/aromatic N) is 1. The van der Waals surface area contributed by atoms with E-state index in [1.165, 1.54) is 16.7 Å². The van der Waals surface area contributed by atoms with E-state index in [9.17, 15) is 4.79 Å². The second-order valence-corrected chi connectivity index (χ2v) is 6.25. The molecule has 0 radical (unpaired) electrons. The van der Waals surface area contributed by atoms with Crippen molar-refractivity contribution in [3.63, 3.8) is 0 Å². The molecule has 5 nitrogen and oxygen atoms in total. The molecule has 128 valence electrons. The van der Waals surface area contributed by atoms with Crippen LogP contribution in [-0.4, -0.2) is 56.8 Å². The summed E-state index contributed by atoms with van der Waals surface area (Å²) in [5.74, 6) is 0.118. The van der Waals surface area contributed by atoms with Gasteiger partial charge < -0.3 is 19.7 Å². The lowest BCUT2D eigenvalue weighted by Gasteiger charge is -2.38. The van der Waals surface area contributed by atoms with Gasteiger partial charge in [0.25, 0.3) is 0 Å². The summed E-state index contributed by atoms with van der Waals surface area (Å²) < 4.78 is 11.0. The number of carbonyl (C=O) groups is 1. The topological polar surface area (TPSA) is 50.8 Å². The zero-order chi connectivity index (χ0) is 16.8. The fourth-order valence-electron chi connectivity index (χ4n) is 2.87. The summed E-state index contributed by atoms with van der Waals surface area (Å²) in [5, 5.41) is 3.12. The number of hydrogen-bond donors (Lipinski definition) is 1. The lowest BCUT2D eigenvalue weighted by molar-refractivity contribution is -0.143. The first-order valence-corrected chi connectivity index (χ1v) is 8.20. The van der Waals surface area contributed by atoms with E-state index in [2.05, 4.69) is 37.4 Å². The highest BCUT2D eigenvalue weighted by Gasteiger charge is 2.30. The number of rotatable bonds is 6. The Morgan fingerprint density at radius 1 is 1.43 bits per heavy atom. The monoisotopic (exact) mass is 320 g/mol. The molecule has 2 rings (SSSR count). The first-order valence-electron chi connectivity index (χ1n) is 8.20. The van der Waals surface area contributed by atoms with Gasteiger partial charge in [-0.3, -0.25) is 4.79 Å². The molecule has 1 aromatic carbocycles. The van der Waals surface area contributed by atoms with E-state index in [1.807, 2.05) is 11.8 Å². The fraction of sp³-hybridized carbons (Fsp3) is 0.611. The molecule has 1 aliphatic heterocycles. The molecule has 1 saturated heterocycles. The van der Waals surface area contributed by atoms with Crippen LogP contribution < -0.4 is 5.32 Å². The number of methoxy groups -OCH3 is 1. The van der Waals surface area contributed by atoms with Crippen LogP contribution >= 0.6 is 0 Å². The van der Waals surface area contributed by atoms with Gasteiger partial charge in [0.1, 0.15) is 6.10 Å². The number of amides is 1. The van der Waals surface area contributed by atoms with Crippen LogP contribution in [0.1, 0.15) is 29.7 Å². The second kappa shape index (κ2) is 8.43. The van der Waals surface area contributed by atoms with Gasteiger partial charge in [-0.05, 0) is 31.9 Å². The van der Waals surface area contributed by atoms with E-state index in [-0.39, 0.29) is 18.1 Å². The maximum absolute atomic E-state index is 12.5. The molecule has 0 aliphatic carbocycles. The van der Waals surface area contributed by atoms with Crippen LogP contribution in [0.25, 0.3) is 0 Å². The number of hydrogen-bond acceptors (Lipinski definition) is 4. The van der Waals surface area contributed by atoms with E-state index in [4.69, 9.17) is 9.47 Å². The van der Waals surface area contributed by atoms with Crippen LogP contribution in [0.15, 0.2) is 18.2 Å². The molecular weight excluding hydrogens is 292 g/mol. The molecule has 5 heteroatoms. The molecule has 1 amide bonds. The van der Waals surface area contributed by atoms with Gasteiger partial charge in [-0.2, -0.15) is 0 Å². The summed E-state index contributed by atoms with van der Waals surface area (Å²) in [6, 6.07) is 6.49. The highest BCUT2D eigenvalue weighted by atomic mass is 16.5. The molecule has 0 aromatic heterocycles. The first-order chi connectivity index (χ1) is 11.0. The van der Waals surface area contributed by atoms with Gasteiger partial charge in [-0.25, -0.2) is 0 Å². The van der Waals surface area contributed by atoms with Gasteiger partial charge in [0.2, 0.25) is 5.91 Å². The quantitative estimate of drug-likeness (QED) is 0.813. The zero-order valence-corrected chi connectivity index (χ0v) is 14.6. The van der Waals surface area contributed by atoms with Crippen LogP contribution in [0.3, 0.4) is 0 Å². The van der Waals surface area contributed by atoms with Crippen molar-refractivity contribution in [2.24, 2.45) is 0 Å². The van der Waals surface area contributed by atoms with Gasteiger partial charge in [0.15, 0.2) is 0 Å². The number of benzene rings is 1. The average Bonchev–Trinajstić information content (AvgIpc) is 2.54. The van der Waals surface area contributed by atoms with Crippen molar-refractivity contribution in [2.75, 3.05) is 40.0 Å². The molecule has 0 spiro atoms. The van der Waals surface area contributed by atoms with Crippen LogP contribution in [0.4, 0.5) is 0 Å². The van der Waals surface area contributed by atoms with Crippen molar-refractivity contribution < 1.29 is 14.3 Å². The minimum atomic E-state index is -0.0472. The molecule has 0 unspecified atom stereocenters. The molecule has 1 N–H and O–H groups in total. The summed E-state index contributed by atoms with van der Waals surface area (Å²) in [6.45, 7) is 9.02. The van der Waals surface area contributed by atoms with Crippen molar-refractivity contribution in [1.29, 1.82) is 0 Å². The molecule has 1 aliphatic rings. The number of nitrogens with one attached hydrogen (secondary N) is 1. The Morgan fingerprint density at radius 3 is 2.96 bits per heavy atom. The van der Waals surface area contributed by atoms with E-state index in [0.717, 1.165) is 0 Å². The predicted molar refractivity (Wildman–Crippen MR) is 90.5 cm³/mol. The molecule has 23 heavy (non-hydrogen) atoms. The summed E-state index contributed by atoms with van der Waals surface area (Å²) in [7, 11) is 1.66. The van der Waals surface area contributed by atoms with Crippen molar-refractivity contribution in [3.8, 4) is 0 Å². The molecule has 2 atom stereocenters. The standard InChI is InChI=1S/C18H28N2O3/c1-13-5-6-14(2)16(9-13)17-11-20(15(3)12-23-17)18(21)10-19-7-8-22-4/h5-6,9,15,17,19H,7-8,10-12H2,1-4H3/t15-,17-/m0/s1.